The van der Waals surface area contributed by atoms with Gasteiger partial charge in [0, 0.05) is 0 Å². The molecule has 0 radical (unpaired) electrons. The maximum Gasteiger partial charge on any atom is 0.332 e. The van der Waals surface area contributed by atoms with E-state index in [0.29, 0.717) is 11.5 Å². The largest absolute Gasteiger partial charge is 0.332 e. The number of rotatable bonds is 3. The van der Waals surface area contributed by atoms with Gasteiger partial charge >= 0.3 is 7.60 Å². The molecule has 0 saturated heterocycles. The van der Waals surface area contributed by atoms with E-state index in [-0.39, 0.29) is 0 Å². The minimum Gasteiger partial charge on any atom is -0.324 e. The Labute approximate surface area is 90.3 Å². The van der Waals surface area contributed by atoms with E-state index in [1.807, 2.05) is 12.1 Å². The highest BCUT2D eigenvalue weighted by Crippen LogP contribution is 2.51. The highest BCUT2D eigenvalue weighted by atomic mass is 31.2. The highest BCUT2D eigenvalue weighted by molar-refractivity contribution is 7.52. The lowest BCUT2D eigenvalue weighted by Gasteiger charge is -2.14. The molecule has 1 aromatic carbocycles. The molecule has 1 aromatic rings. The van der Waals surface area contributed by atoms with Crippen LogP contribution in [0.2, 0.25) is 0 Å². The predicted octanol–water partition coefficient (Wildman–Crippen LogP) is 3.05. The zero-order valence-corrected chi connectivity index (χ0v) is 10.1. The van der Waals surface area contributed by atoms with Crippen molar-refractivity contribution in [1.82, 2.24) is 0 Å². The summed E-state index contributed by atoms with van der Waals surface area (Å²) in [6.45, 7) is 5.72. The summed E-state index contributed by atoms with van der Waals surface area (Å²) in [6, 6.07) is 7.43. The Morgan fingerprint density at radius 1 is 1.00 bits per heavy atom. The number of hydrogen-bond donors (Lipinski definition) is 2. The second-order valence-electron chi connectivity index (χ2n) is 4.09. The lowest BCUT2D eigenvalue weighted by molar-refractivity contribution is 0.362. The molecule has 1 atom stereocenters. The van der Waals surface area contributed by atoms with Gasteiger partial charge in [-0.15, -0.1) is 0 Å². The molecule has 0 aliphatic heterocycles. The van der Waals surface area contributed by atoms with E-state index >= 15 is 0 Å². The Kier molecular flexibility index (Phi) is 3.72. The highest BCUT2D eigenvalue weighted by Gasteiger charge is 2.25. The first-order chi connectivity index (χ1) is 6.82. The predicted molar refractivity (Wildman–Crippen MR) is 61.0 cm³/mol. The monoisotopic (exact) mass is 228 g/mol. The van der Waals surface area contributed by atoms with E-state index in [1.54, 1.807) is 19.1 Å². The molecule has 4 heteroatoms. The minimum atomic E-state index is -4.02. The van der Waals surface area contributed by atoms with Crippen molar-refractivity contribution in [2.45, 2.75) is 32.3 Å². The first-order valence-electron chi connectivity index (χ1n) is 4.97. The van der Waals surface area contributed by atoms with E-state index in [2.05, 4.69) is 13.8 Å². The molecule has 1 rings (SSSR count). The molecular formula is C11H17O3P. The summed E-state index contributed by atoms with van der Waals surface area (Å²) in [5.41, 5.74) is 1.14. The summed E-state index contributed by atoms with van der Waals surface area (Å²) in [4.78, 5) is 18.1. The molecular weight excluding hydrogens is 211 g/mol. The van der Waals surface area contributed by atoms with E-state index in [0.717, 1.165) is 0 Å². The average Bonchev–Trinajstić information content (AvgIpc) is 2.15. The minimum absolute atomic E-state index is 0.435. The smallest absolute Gasteiger partial charge is 0.324 e. The van der Waals surface area contributed by atoms with Crippen molar-refractivity contribution in [2.24, 2.45) is 0 Å². The van der Waals surface area contributed by atoms with Crippen LogP contribution < -0.4 is 0 Å². The Morgan fingerprint density at radius 2 is 1.40 bits per heavy atom. The first kappa shape index (κ1) is 12.4. The fraction of sp³-hybridized carbons (Fsp3) is 0.455. The molecule has 0 spiro atoms. The van der Waals surface area contributed by atoms with Crippen LogP contribution in [0.25, 0.3) is 0 Å². The molecule has 2 N–H and O–H groups in total. The molecule has 0 fully saturated rings. The van der Waals surface area contributed by atoms with Crippen LogP contribution in [0.15, 0.2) is 24.3 Å². The van der Waals surface area contributed by atoms with Crippen LogP contribution in [0.5, 0.6) is 0 Å². The van der Waals surface area contributed by atoms with Gasteiger partial charge in [-0.3, -0.25) is 4.57 Å². The van der Waals surface area contributed by atoms with Crippen LogP contribution in [-0.2, 0) is 4.57 Å². The zero-order chi connectivity index (χ0) is 11.6. The molecule has 0 aliphatic carbocycles. The SMILES string of the molecule is CC(C)c1ccc([C@@H](C)P(=O)(O)O)cc1. The van der Waals surface area contributed by atoms with Crippen LogP contribution in [0, 0.1) is 0 Å². The average molecular weight is 228 g/mol. The number of benzene rings is 1. The molecule has 0 aromatic heterocycles. The summed E-state index contributed by atoms with van der Waals surface area (Å²) in [5, 5.41) is 0. The van der Waals surface area contributed by atoms with E-state index in [1.165, 1.54) is 5.56 Å². The molecule has 0 bridgehead atoms. The normalized spacial score (nSPS) is 14.3. The van der Waals surface area contributed by atoms with Gasteiger partial charge in [0.15, 0.2) is 0 Å². The third kappa shape index (κ3) is 3.16. The Balaban J connectivity index is 2.94. The fourth-order valence-electron chi connectivity index (χ4n) is 1.35. The summed E-state index contributed by atoms with van der Waals surface area (Å²) in [6.07, 6.45) is 0. The lowest BCUT2D eigenvalue weighted by atomic mass is 10.0. The molecule has 84 valence electrons. The van der Waals surface area contributed by atoms with Crippen LogP contribution in [-0.4, -0.2) is 9.79 Å². The molecule has 0 aliphatic rings. The van der Waals surface area contributed by atoms with E-state index < -0.39 is 13.3 Å². The van der Waals surface area contributed by atoms with Crippen molar-refractivity contribution in [3.63, 3.8) is 0 Å². The van der Waals surface area contributed by atoms with Crippen molar-refractivity contribution in [2.75, 3.05) is 0 Å². The Hall–Kier alpha value is -0.630. The van der Waals surface area contributed by atoms with Gasteiger partial charge in [-0.25, -0.2) is 0 Å². The quantitative estimate of drug-likeness (QED) is 0.782. The van der Waals surface area contributed by atoms with Crippen molar-refractivity contribution in [3.8, 4) is 0 Å². The van der Waals surface area contributed by atoms with Crippen molar-refractivity contribution in [3.05, 3.63) is 35.4 Å². The van der Waals surface area contributed by atoms with Gasteiger partial charge in [0.05, 0.1) is 5.66 Å². The van der Waals surface area contributed by atoms with Crippen LogP contribution >= 0.6 is 7.60 Å². The molecule has 0 heterocycles. The first-order valence-corrected chi connectivity index (χ1v) is 6.65. The molecule has 0 unspecified atom stereocenters. The Bertz CT molecular complexity index is 364. The van der Waals surface area contributed by atoms with Crippen molar-refractivity contribution in [1.29, 1.82) is 0 Å². The van der Waals surface area contributed by atoms with Crippen LogP contribution in [0.1, 0.15) is 43.5 Å². The maximum absolute atomic E-state index is 11.0. The van der Waals surface area contributed by atoms with Gasteiger partial charge in [-0.1, -0.05) is 38.1 Å². The lowest BCUT2D eigenvalue weighted by Crippen LogP contribution is -1.95. The summed E-state index contributed by atoms with van der Waals surface area (Å²) in [7, 11) is -4.02. The van der Waals surface area contributed by atoms with Gasteiger partial charge in [0.2, 0.25) is 0 Å². The van der Waals surface area contributed by atoms with Crippen LogP contribution in [0.4, 0.5) is 0 Å². The van der Waals surface area contributed by atoms with Gasteiger partial charge < -0.3 is 9.79 Å². The second kappa shape index (κ2) is 4.48. The van der Waals surface area contributed by atoms with Gasteiger partial charge in [-0.05, 0) is 24.0 Å². The topological polar surface area (TPSA) is 57.5 Å². The Morgan fingerprint density at radius 3 is 1.73 bits per heavy atom. The summed E-state index contributed by atoms with van der Waals surface area (Å²) >= 11 is 0. The van der Waals surface area contributed by atoms with E-state index in [9.17, 15) is 4.57 Å². The van der Waals surface area contributed by atoms with Gasteiger partial charge in [0.1, 0.15) is 0 Å². The maximum atomic E-state index is 11.0. The summed E-state index contributed by atoms with van der Waals surface area (Å²) < 4.78 is 11.0. The third-order valence-corrected chi connectivity index (χ3v) is 3.90. The van der Waals surface area contributed by atoms with Crippen LogP contribution in [0.3, 0.4) is 0 Å². The fourth-order valence-corrected chi connectivity index (χ4v) is 1.91. The number of hydrogen-bond acceptors (Lipinski definition) is 1. The molecule has 3 nitrogen and oxygen atoms in total. The molecule has 15 heavy (non-hydrogen) atoms. The summed E-state index contributed by atoms with van der Waals surface area (Å²) in [5.74, 6) is 0.435. The van der Waals surface area contributed by atoms with Crippen molar-refractivity contribution < 1.29 is 14.4 Å². The second-order valence-corrected chi connectivity index (χ2v) is 6.04. The zero-order valence-electron chi connectivity index (χ0n) is 9.21. The van der Waals surface area contributed by atoms with Gasteiger partial charge in [-0.2, -0.15) is 0 Å². The third-order valence-electron chi connectivity index (χ3n) is 2.59. The molecule has 0 saturated carbocycles. The van der Waals surface area contributed by atoms with Crippen molar-refractivity contribution >= 4 is 7.60 Å². The van der Waals surface area contributed by atoms with E-state index in [4.69, 9.17) is 9.79 Å². The molecule has 0 amide bonds. The van der Waals surface area contributed by atoms with Gasteiger partial charge in [0.25, 0.3) is 0 Å². The standard InChI is InChI=1S/C11H17O3P/c1-8(2)10-4-6-11(7-5-10)9(3)15(12,13)14/h4-9H,1-3H3,(H2,12,13,14)/t9-/m1/s1.